The maximum atomic E-state index is 12.2. The Hall–Kier alpha value is -1.78. The van der Waals surface area contributed by atoms with Crippen LogP contribution < -0.4 is 5.11 Å². The van der Waals surface area contributed by atoms with Crippen molar-refractivity contribution in [1.29, 1.82) is 0 Å². The third-order valence-electron chi connectivity index (χ3n) is 3.10. The van der Waals surface area contributed by atoms with E-state index in [0.29, 0.717) is 10.6 Å². The predicted molar refractivity (Wildman–Crippen MR) is 86.2 cm³/mol. The Labute approximate surface area is 138 Å². The number of hydrogen-bond acceptors (Lipinski definition) is 4. The highest BCUT2D eigenvalue weighted by Crippen LogP contribution is 2.26. The van der Waals surface area contributed by atoms with Gasteiger partial charge in [0.05, 0.1) is 11.2 Å². The number of carbonyl (C=O) groups is 2. The quantitative estimate of drug-likeness (QED) is 0.602. The molecule has 0 radical (unpaired) electrons. The van der Waals surface area contributed by atoms with Gasteiger partial charge < -0.3 is 9.90 Å². The van der Waals surface area contributed by atoms with Gasteiger partial charge in [0.15, 0.2) is 5.78 Å². The minimum atomic E-state index is -1.24. The van der Waals surface area contributed by atoms with Crippen LogP contribution in [0.3, 0.4) is 0 Å². The number of aliphatic carboxylic acids is 1. The van der Waals surface area contributed by atoms with Crippen molar-refractivity contribution >= 4 is 35.1 Å². The molecule has 0 aliphatic carbocycles. The van der Waals surface area contributed by atoms with Gasteiger partial charge >= 0.3 is 0 Å². The third-order valence-corrected chi connectivity index (χ3v) is 4.54. The summed E-state index contributed by atoms with van der Waals surface area (Å²) in [6.07, 6.45) is -0.123. The van der Waals surface area contributed by atoms with E-state index in [9.17, 15) is 14.7 Å². The molecule has 0 aliphatic rings. The Kier molecular flexibility index (Phi) is 5.63. The molecule has 0 aromatic heterocycles. The Bertz CT molecular complexity index is 665. The predicted octanol–water partition coefficient (Wildman–Crippen LogP) is 3.13. The van der Waals surface area contributed by atoms with E-state index in [0.717, 1.165) is 22.2 Å². The second kappa shape index (κ2) is 7.47. The van der Waals surface area contributed by atoms with Crippen molar-refractivity contribution in [1.82, 2.24) is 0 Å². The lowest BCUT2D eigenvalue weighted by Crippen LogP contribution is -2.35. The number of carbonyl (C=O) groups excluding carboxylic acids is 2. The lowest BCUT2D eigenvalue weighted by atomic mass is 10.1. The van der Waals surface area contributed by atoms with Crippen LogP contribution >= 0.6 is 23.4 Å². The molecular weight excluding hydrogens is 320 g/mol. The number of aryl methyl sites for hydroxylation is 1. The van der Waals surface area contributed by atoms with Crippen LogP contribution in [-0.2, 0) is 4.79 Å². The number of carboxylic acid groups (broad SMARTS) is 1. The zero-order valence-electron chi connectivity index (χ0n) is 11.9. The number of rotatable bonds is 6. The van der Waals surface area contributed by atoms with Crippen molar-refractivity contribution in [3.8, 4) is 0 Å². The molecule has 0 spiro atoms. The normalized spacial score (nSPS) is 11.9. The summed E-state index contributed by atoms with van der Waals surface area (Å²) in [7, 11) is 0. The molecule has 0 N–H and O–H groups in total. The maximum Gasteiger partial charge on any atom is 0.164 e. The fourth-order valence-electron chi connectivity index (χ4n) is 1.88. The van der Waals surface area contributed by atoms with E-state index in [1.807, 2.05) is 31.2 Å². The van der Waals surface area contributed by atoms with Crippen LogP contribution in [0.1, 0.15) is 22.3 Å². The largest absolute Gasteiger partial charge is 0.549 e. The highest BCUT2D eigenvalue weighted by molar-refractivity contribution is 8.00. The molecule has 114 valence electrons. The molecule has 2 rings (SSSR count). The summed E-state index contributed by atoms with van der Waals surface area (Å²) in [5, 5.41) is 10.9. The van der Waals surface area contributed by atoms with Crippen LogP contribution in [0, 0.1) is 6.92 Å². The maximum absolute atomic E-state index is 12.2. The Morgan fingerprint density at radius 3 is 2.23 bits per heavy atom. The molecule has 0 saturated heterocycles. The Balaban J connectivity index is 2.08. The van der Waals surface area contributed by atoms with Gasteiger partial charge in [-0.2, -0.15) is 0 Å². The Morgan fingerprint density at radius 2 is 1.68 bits per heavy atom. The van der Waals surface area contributed by atoms with E-state index in [2.05, 4.69) is 0 Å². The molecule has 1 atom stereocenters. The summed E-state index contributed by atoms with van der Waals surface area (Å²) < 4.78 is 0. The van der Waals surface area contributed by atoms with Crippen molar-refractivity contribution in [2.45, 2.75) is 23.5 Å². The van der Waals surface area contributed by atoms with Gasteiger partial charge in [-0.25, -0.2) is 0 Å². The SMILES string of the molecule is Cc1ccc(S[C@H](CC(=O)c2ccc(Cl)cc2)C(=O)[O-])cc1. The van der Waals surface area contributed by atoms with E-state index in [1.165, 1.54) is 0 Å². The van der Waals surface area contributed by atoms with E-state index in [-0.39, 0.29) is 12.2 Å². The highest BCUT2D eigenvalue weighted by atomic mass is 35.5. The zero-order chi connectivity index (χ0) is 16.1. The molecule has 0 saturated carbocycles. The first-order valence-corrected chi connectivity index (χ1v) is 7.94. The fraction of sp³-hybridized carbons (Fsp3) is 0.176. The van der Waals surface area contributed by atoms with Gasteiger partial charge in [-0.1, -0.05) is 29.3 Å². The van der Waals surface area contributed by atoms with Crippen LogP contribution in [0.2, 0.25) is 5.02 Å². The topological polar surface area (TPSA) is 57.2 Å². The molecule has 2 aromatic rings. The van der Waals surface area contributed by atoms with Gasteiger partial charge in [0.2, 0.25) is 0 Å². The van der Waals surface area contributed by atoms with Crippen LogP contribution in [-0.4, -0.2) is 17.0 Å². The van der Waals surface area contributed by atoms with Crippen LogP contribution in [0.15, 0.2) is 53.4 Å². The number of halogens is 1. The summed E-state index contributed by atoms with van der Waals surface area (Å²) in [6.45, 7) is 1.95. The summed E-state index contributed by atoms with van der Waals surface area (Å²) in [5.41, 5.74) is 1.53. The molecule has 0 bridgehead atoms. The standard InChI is InChI=1S/C17H15ClO3S/c1-11-2-8-14(9-3-11)22-16(17(20)21)10-15(19)12-4-6-13(18)7-5-12/h2-9,16H,10H2,1H3,(H,20,21)/p-1/t16-/m1/s1. The number of thioether (sulfide) groups is 1. The molecule has 0 unspecified atom stereocenters. The number of hydrogen-bond donors (Lipinski definition) is 0. The molecule has 3 nitrogen and oxygen atoms in total. The zero-order valence-corrected chi connectivity index (χ0v) is 13.5. The number of Topliss-reactive ketones (excluding diaryl/α,β-unsaturated/α-hetero) is 1. The van der Waals surface area contributed by atoms with Crippen molar-refractivity contribution in [2.75, 3.05) is 0 Å². The fourth-order valence-corrected chi connectivity index (χ4v) is 2.95. The van der Waals surface area contributed by atoms with Crippen LogP contribution in [0.4, 0.5) is 0 Å². The minimum Gasteiger partial charge on any atom is -0.549 e. The molecule has 2 aromatic carbocycles. The highest BCUT2D eigenvalue weighted by Gasteiger charge is 2.18. The molecule has 0 heterocycles. The number of carboxylic acids is 1. The van der Waals surface area contributed by atoms with Crippen LogP contribution in [0.25, 0.3) is 0 Å². The summed E-state index contributed by atoms with van der Waals surface area (Å²) in [4.78, 5) is 24.2. The average Bonchev–Trinajstić information content (AvgIpc) is 2.49. The van der Waals surface area contributed by atoms with Crippen LogP contribution in [0.5, 0.6) is 0 Å². The molecule has 5 heteroatoms. The summed E-state index contributed by atoms with van der Waals surface area (Å²) >= 11 is 6.90. The van der Waals surface area contributed by atoms with Crippen molar-refractivity contribution in [3.05, 3.63) is 64.7 Å². The lowest BCUT2D eigenvalue weighted by Gasteiger charge is -2.17. The summed E-state index contributed by atoms with van der Waals surface area (Å²) in [5.74, 6) is -1.49. The second-order valence-corrected chi connectivity index (χ2v) is 6.59. The van der Waals surface area contributed by atoms with Gasteiger partial charge in [0.25, 0.3) is 0 Å². The van der Waals surface area contributed by atoms with E-state index in [1.54, 1.807) is 24.3 Å². The van der Waals surface area contributed by atoms with E-state index < -0.39 is 11.2 Å². The molecular formula is C17H14ClO3S-. The second-order valence-electron chi connectivity index (χ2n) is 4.87. The smallest absolute Gasteiger partial charge is 0.164 e. The van der Waals surface area contributed by atoms with Gasteiger partial charge in [-0.15, -0.1) is 11.8 Å². The molecule has 0 fully saturated rings. The van der Waals surface area contributed by atoms with Gasteiger partial charge in [0.1, 0.15) is 0 Å². The first-order chi connectivity index (χ1) is 10.5. The van der Waals surface area contributed by atoms with E-state index in [4.69, 9.17) is 11.6 Å². The van der Waals surface area contributed by atoms with Gasteiger partial charge in [0, 0.05) is 21.9 Å². The molecule has 22 heavy (non-hydrogen) atoms. The average molecular weight is 334 g/mol. The first kappa shape index (κ1) is 16.6. The Morgan fingerprint density at radius 1 is 1.09 bits per heavy atom. The third kappa shape index (κ3) is 4.61. The molecule has 0 aliphatic heterocycles. The van der Waals surface area contributed by atoms with E-state index >= 15 is 0 Å². The van der Waals surface area contributed by atoms with Crippen molar-refractivity contribution in [3.63, 3.8) is 0 Å². The minimum absolute atomic E-state index is 0.123. The van der Waals surface area contributed by atoms with Gasteiger partial charge in [-0.3, -0.25) is 4.79 Å². The first-order valence-electron chi connectivity index (χ1n) is 6.68. The number of ketones is 1. The number of benzene rings is 2. The lowest BCUT2D eigenvalue weighted by molar-refractivity contribution is -0.304. The molecule has 0 amide bonds. The van der Waals surface area contributed by atoms with Crippen molar-refractivity contribution < 1.29 is 14.7 Å². The summed E-state index contributed by atoms with van der Waals surface area (Å²) in [6, 6.07) is 13.9. The monoisotopic (exact) mass is 333 g/mol. The van der Waals surface area contributed by atoms with Crippen molar-refractivity contribution in [2.24, 2.45) is 0 Å². The van der Waals surface area contributed by atoms with Gasteiger partial charge in [-0.05, 0) is 43.3 Å².